The van der Waals surface area contributed by atoms with E-state index in [2.05, 4.69) is 10.0 Å². The van der Waals surface area contributed by atoms with Crippen molar-refractivity contribution in [2.24, 2.45) is 0 Å². The van der Waals surface area contributed by atoms with Crippen molar-refractivity contribution in [1.29, 1.82) is 0 Å². The predicted molar refractivity (Wildman–Crippen MR) is 74.6 cm³/mol. The summed E-state index contributed by atoms with van der Waals surface area (Å²) in [6, 6.07) is 4.03. The molecule has 108 valence electrons. The number of nitrogens with one attached hydrogen (secondary N) is 2. The summed E-state index contributed by atoms with van der Waals surface area (Å²) in [5, 5.41) is 2.97. The van der Waals surface area contributed by atoms with Crippen LogP contribution < -0.4 is 10.0 Å². The molecule has 0 aliphatic heterocycles. The highest BCUT2D eigenvalue weighted by molar-refractivity contribution is 7.91. The summed E-state index contributed by atoms with van der Waals surface area (Å²) in [4.78, 5) is -0.0882. The van der Waals surface area contributed by atoms with E-state index in [4.69, 9.17) is 0 Å². The van der Waals surface area contributed by atoms with Gasteiger partial charge in [0.1, 0.15) is 4.90 Å². The highest BCUT2D eigenvalue weighted by Crippen LogP contribution is 2.24. The number of hydrogen-bond donors (Lipinski definition) is 2. The first-order valence-electron chi connectivity index (χ1n) is 5.74. The average Bonchev–Trinajstić information content (AvgIpc) is 2.35. The molecule has 6 nitrogen and oxygen atoms in total. The Morgan fingerprint density at radius 3 is 2.26 bits per heavy atom. The van der Waals surface area contributed by atoms with E-state index >= 15 is 0 Å². The van der Waals surface area contributed by atoms with Crippen LogP contribution in [0.3, 0.4) is 0 Å². The van der Waals surface area contributed by atoms with Crippen LogP contribution in [0, 0.1) is 0 Å². The first-order valence-corrected chi connectivity index (χ1v) is 9.11. The third-order valence-corrected chi connectivity index (χ3v) is 5.07. The molecule has 0 unspecified atom stereocenters. The zero-order chi connectivity index (χ0) is 14.7. The van der Waals surface area contributed by atoms with Crippen molar-refractivity contribution in [2.75, 3.05) is 25.2 Å². The SMILES string of the molecule is CCCNc1ccc(S(C)(=O)=O)cc1S(=O)(=O)NC. The standard InChI is InChI=1S/C11H18N2O4S2/c1-4-7-13-10-6-5-9(18(3,14)15)8-11(10)19(16,17)12-2/h5-6,8,12-13H,4,7H2,1-3H3. The fraction of sp³-hybridized carbons (Fsp3) is 0.455. The Bertz CT molecular complexity index is 651. The second-order valence-electron chi connectivity index (χ2n) is 4.06. The molecule has 0 aromatic heterocycles. The second kappa shape index (κ2) is 5.89. The van der Waals surface area contributed by atoms with Crippen molar-refractivity contribution in [3.8, 4) is 0 Å². The molecular weight excluding hydrogens is 288 g/mol. The zero-order valence-corrected chi connectivity index (χ0v) is 12.7. The lowest BCUT2D eigenvalue weighted by Gasteiger charge is -2.12. The van der Waals surface area contributed by atoms with Gasteiger partial charge < -0.3 is 5.32 Å². The van der Waals surface area contributed by atoms with Crippen molar-refractivity contribution < 1.29 is 16.8 Å². The molecule has 1 aromatic rings. The maximum absolute atomic E-state index is 11.9. The Morgan fingerprint density at radius 1 is 1.16 bits per heavy atom. The maximum Gasteiger partial charge on any atom is 0.242 e. The van der Waals surface area contributed by atoms with Gasteiger partial charge in [-0.1, -0.05) is 6.92 Å². The van der Waals surface area contributed by atoms with Crippen molar-refractivity contribution in [2.45, 2.75) is 23.1 Å². The molecule has 1 rings (SSSR count). The summed E-state index contributed by atoms with van der Waals surface area (Å²) in [6.07, 6.45) is 1.87. The minimum Gasteiger partial charge on any atom is -0.384 e. The predicted octanol–water partition coefficient (Wildman–Crippen LogP) is 0.820. The van der Waals surface area contributed by atoms with Crippen LogP contribution in [0.25, 0.3) is 0 Å². The molecule has 8 heteroatoms. The van der Waals surface area contributed by atoms with Crippen molar-refractivity contribution in [3.05, 3.63) is 18.2 Å². The molecule has 0 saturated heterocycles. The van der Waals surface area contributed by atoms with E-state index < -0.39 is 19.9 Å². The van der Waals surface area contributed by atoms with Gasteiger partial charge in [0.2, 0.25) is 10.0 Å². The lowest BCUT2D eigenvalue weighted by molar-refractivity contribution is 0.588. The summed E-state index contributed by atoms with van der Waals surface area (Å²) >= 11 is 0. The van der Waals surface area contributed by atoms with Crippen LogP contribution in [0.5, 0.6) is 0 Å². The Morgan fingerprint density at radius 2 is 1.79 bits per heavy atom. The van der Waals surface area contributed by atoms with Gasteiger partial charge in [-0.05, 0) is 31.7 Å². The molecular formula is C11H18N2O4S2. The highest BCUT2D eigenvalue weighted by Gasteiger charge is 2.19. The van der Waals surface area contributed by atoms with Crippen LogP contribution in [0.15, 0.2) is 28.0 Å². The van der Waals surface area contributed by atoms with Gasteiger partial charge in [-0.15, -0.1) is 0 Å². The third-order valence-electron chi connectivity index (χ3n) is 2.50. The van der Waals surface area contributed by atoms with Crippen molar-refractivity contribution in [3.63, 3.8) is 0 Å². The number of rotatable bonds is 6. The molecule has 0 atom stereocenters. The van der Waals surface area contributed by atoms with E-state index in [0.29, 0.717) is 12.2 Å². The fourth-order valence-corrected chi connectivity index (χ4v) is 3.12. The molecule has 0 fully saturated rings. The molecule has 0 amide bonds. The number of sulfone groups is 1. The first kappa shape index (κ1) is 15.9. The Labute approximate surface area is 114 Å². The quantitative estimate of drug-likeness (QED) is 0.812. The monoisotopic (exact) mass is 306 g/mol. The molecule has 0 saturated carbocycles. The lowest BCUT2D eigenvalue weighted by atomic mass is 10.3. The van der Waals surface area contributed by atoms with Gasteiger partial charge >= 0.3 is 0 Å². The molecule has 0 bridgehead atoms. The largest absolute Gasteiger partial charge is 0.384 e. The maximum atomic E-state index is 11.9. The first-order chi connectivity index (χ1) is 8.72. The van der Waals surface area contributed by atoms with Gasteiger partial charge in [-0.3, -0.25) is 0 Å². The fourth-order valence-electron chi connectivity index (χ4n) is 1.47. The van der Waals surface area contributed by atoms with E-state index in [9.17, 15) is 16.8 Å². The Hall–Kier alpha value is -1.12. The van der Waals surface area contributed by atoms with Crippen LogP contribution in [-0.2, 0) is 19.9 Å². The normalized spacial score (nSPS) is 12.4. The van der Waals surface area contributed by atoms with E-state index in [-0.39, 0.29) is 9.79 Å². The van der Waals surface area contributed by atoms with Gasteiger partial charge in [-0.25, -0.2) is 21.6 Å². The third kappa shape index (κ3) is 3.92. The number of anilines is 1. The smallest absolute Gasteiger partial charge is 0.242 e. The highest BCUT2D eigenvalue weighted by atomic mass is 32.2. The topological polar surface area (TPSA) is 92.3 Å². The van der Waals surface area contributed by atoms with Crippen LogP contribution in [-0.4, -0.2) is 36.7 Å². The summed E-state index contributed by atoms with van der Waals surface area (Å²) < 4.78 is 49.0. The summed E-state index contributed by atoms with van der Waals surface area (Å²) in [5.41, 5.74) is 0.392. The number of sulfonamides is 1. The number of hydrogen-bond acceptors (Lipinski definition) is 5. The minimum absolute atomic E-state index is 0.0247. The summed E-state index contributed by atoms with van der Waals surface area (Å²) in [7, 11) is -5.89. The molecule has 2 N–H and O–H groups in total. The van der Waals surface area contributed by atoms with Crippen molar-refractivity contribution >= 4 is 25.5 Å². The number of benzene rings is 1. The van der Waals surface area contributed by atoms with E-state index in [1.807, 2.05) is 6.92 Å². The molecule has 0 aliphatic rings. The molecule has 19 heavy (non-hydrogen) atoms. The van der Waals surface area contributed by atoms with E-state index in [0.717, 1.165) is 12.7 Å². The van der Waals surface area contributed by atoms with Crippen LogP contribution in [0.1, 0.15) is 13.3 Å². The minimum atomic E-state index is -3.72. The Kier molecular flexibility index (Phi) is 4.94. The van der Waals surface area contributed by atoms with Crippen molar-refractivity contribution in [1.82, 2.24) is 4.72 Å². The molecule has 0 heterocycles. The summed E-state index contributed by atoms with van der Waals surface area (Å²) in [5.74, 6) is 0. The molecule has 1 aromatic carbocycles. The van der Waals surface area contributed by atoms with Gasteiger partial charge in [0.25, 0.3) is 0 Å². The van der Waals surface area contributed by atoms with Gasteiger partial charge in [0, 0.05) is 12.8 Å². The van der Waals surface area contributed by atoms with Gasteiger partial charge in [0.15, 0.2) is 9.84 Å². The zero-order valence-electron chi connectivity index (χ0n) is 11.1. The molecule has 0 aliphatic carbocycles. The van der Waals surface area contributed by atoms with Crippen LogP contribution in [0.4, 0.5) is 5.69 Å². The Balaban J connectivity index is 3.43. The van der Waals surface area contributed by atoms with E-state index in [1.165, 1.54) is 25.2 Å². The molecule has 0 spiro atoms. The van der Waals surface area contributed by atoms with Gasteiger partial charge in [0.05, 0.1) is 10.6 Å². The molecule has 0 radical (unpaired) electrons. The van der Waals surface area contributed by atoms with Gasteiger partial charge in [-0.2, -0.15) is 0 Å². The average molecular weight is 306 g/mol. The van der Waals surface area contributed by atoms with E-state index in [1.54, 1.807) is 0 Å². The summed E-state index contributed by atoms with van der Waals surface area (Å²) in [6.45, 7) is 2.55. The lowest BCUT2D eigenvalue weighted by Crippen LogP contribution is -2.21. The van der Waals surface area contributed by atoms with Crippen LogP contribution >= 0.6 is 0 Å². The van der Waals surface area contributed by atoms with Crippen LogP contribution in [0.2, 0.25) is 0 Å². The second-order valence-corrected chi connectivity index (χ2v) is 7.94.